The normalized spacial score (nSPS) is 10.3. The number of alkyl halides is 3. The molecule has 0 radical (unpaired) electrons. The lowest BCUT2D eigenvalue weighted by molar-refractivity contribution is -0.137. The molecule has 0 unspecified atom stereocenters. The van der Waals surface area contributed by atoms with Crippen LogP contribution in [-0.4, -0.2) is 29.0 Å². The fourth-order valence-corrected chi connectivity index (χ4v) is 2.04. The third kappa shape index (κ3) is 6.67. The van der Waals surface area contributed by atoms with Gasteiger partial charge in [0.2, 0.25) is 5.28 Å². The highest BCUT2D eigenvalue weighted by Crippen LogP contribution is 2.36. The summed E-state index contributed by atoms with van der Waals surface area (Å²) in [6.07, 6.45) is -3.88. The van der Waals surface area contributed by atoms with E-state index in [1.807, 2.05) is 32.8 Å². The predicted molar refractivity (Wildman–Crippen MR) is 91.1 cm³/mol. The molecule has 5 nitrogen and oxygen atoms in total. The van der Waals surface area contributed by atoms with Crippen molar-refractivity contribution in [2.24, 2.45) is 0 Å². The Morgan fingerprint density at radius 1 is 1.20 bits per heavy atom. The summed E-state index contributed by atoms with van der Waals surface area (Å²) in [5.41, 5.74) is 0.499. The van der Waals surface area contributed by atoms with E-state index in [1.54, 1.807) is 12.1 Å². The van der Waals surface area contributed by atoms with Crippen molar-refractivity contribution in [1.29, 1.82) is 0 Å². The maximum Gasteiger partial charge on any atom is 0.421 e. The van der Waals surface area contributed by atoms with E-state index in [0.717, 1.165) is 12.7 Å². The molecular weight excluding hydrogens is 359 g/mol. The van der Waals surface area contributed by atoms with Crippen LogP contribution in [0.5, 0.6) is 0 Å². The van der Waals surface area contributed by atoms with Gasteiger partial charge < -0.3 is 15.2 Å². The molecule has 2 aromatic rings. The Bertz CT molecular complexity index is 667. The summed E-state index contributed by atoms with van der Waals surface area (Å²) in [4.78, 5) is 15.1. The van der Waals surface area contributed by atoms with Crippen LogP contribution in [0.4, 0.5) is 24.7 Å². The molecular formula is C16H19ClF3N3O2. The quantitative estimate of drug-likeness (QED) is 0.773. The van der Waals surface area contributed by atoms with Crippen LogP contribution < -0.4 is 5.32 Å². The molecule has 0 fully saturated rings. The summed E-state index contributed by atoms with van der Waals surface area (Å²) < 4.78 is 38.9. The molecule has 138 valence electrons. The molecule has 1 aromatic carbocycles. The molecule has 2 N–H and O–H groups in total. The number of hydrogen-bond donors (Lipinski definition) is 2. The van der Waals surface area contributed by atoms with Gasteiger partial charge in [0, 0.05) is 19.0 Å². The lowest BCUT2D eigenvalue weighted by atomic mass is 10.0. The monoisotopic (exact) mass is 377 g/mol. The van der Waals surface area contributed by atoms with E-state index in [4.69, 9.17) is 21.5 Å². The smallest absolute Gasteiger partial charge is 0.400 e. The Morgan fingerprint density at radius 3 is 2.28 bits per heavy atom. The summed E-state index contributed by atoms with van der Waals surface area (Å²) in [7, 11) is 1.00. The number of rotatable bonds is 3. The van der Waals surface area contributed by atoms with Gasteiger partial charge in [-0.3, -0.25) is 0 Å². The summed E-state index contributed by atoms with van der Waals surface area (Å²) in [6, 6.07) is 7.12. The van der Waals surface area contributed by atoms with Crippen molar-refractivity contribution >= 4 is 29.9 Å². The zero-order valence-electron chi connectivity index (χ0n) is 13.9. The number of anilines is 2. The summed E-state index contributed by atoms with van der Waals surface area (Å²) in [6.45, 7) is 5.91. The lowest BCUT2D eigenvalue weighted by Gasteiger charge is -2.17. The second-order valence-electron chi connectivity index (χ2n) is 4.77. The first-order valence-corrected chi connectivity index (χ1v) is 7.36. The number of halogens is 4. The van der Waals surface area contributed by atoms with Gasteiger partial charge in [-0.15, -0.1) is 0 Å². The van der Waals surface area contributed by atoms with Gasteiger partial charge in [-0.25, -0.2) is 4.98 Å². The summed E-state index contributed by atoms with van der Waals surface area (Å²) >= 11 is 5.61. The van der Waals surface area contributed by atoms with E-state index in [1.165, 1.54) is 0 Å². The highest BCUT2D eigenvalue weighted by atomic mass is 35.5. The van der Waals surface area contributed by atoms with E-state index in [0.29, 0.717) is 11.9 Å². The standard InChI is InChI=1S/C14H13ClF3N3.CH4O.CH2O/c1-8(2)9-5-3-4-6-11(9)20-12-10(14(16,17)18)7-19-13(15)21-12;2*1-2/h3-8H,1-2H3,(H,19,20,21);2H,1H3;1H2. The average molecular weight is 378 g/mol. The number of para-hydroxylation sites is 1. The molecule has 0 saturated carbocycles. The molecule has 1 heterocycles. The van der Waals surface area contributed by atoms with Gasteiger partial charge in [0.15, 0.2) is 0 Å². The number of nitrogens with one attached hydrogen (secondary N) is 1. The molecule has 0 aliphatic rings. The highest BCUT2D eigenvalue weighted by molar-refractivity contribution is 6.28. The van der Waals surface area contributed by atoms with Gasteiger partial charge in [0.25, 0.3) is 0 Å². The number of aromatic nitrogens is 2. The highest BCUT2D eigenvalue weighted by Gasteiger charge is 2.35. The third-order valence-electron chi connectivity index (χ3n) is 2.90. The molecule has 9 heteroatoms. The zero-order valence-corrected chi connectivity index (χ0v) is 14.7. The van der Waals surface area contributed by atoms with Gasteiger partial charge in [-0.1, -0.05) is 32.0 Å². The third-order valence-corrected chi connectivity index (χ3v) is 3.08. The largest absolute Gasteiger partial charge is 0.421 e. The van der Waals surface area contributed by atoms with Crippen molar-refractivity contribution in [3.05, 3.63) is 46.9 Å². The maximum absolute atomic E-state index is 13.0. The Morgan fingerprint density at radius 2 is 1.76 bits per heavy atom. The molecule has 0 bridgehead atoms. The van der Waals surface area contributed by atoms with Crippen molar-refractivity contribution in [2.75, 3.05) is 12.4 Å². The van der Waals surface area contributed by atoms with Crippen molar-refractivity contribution < 1.29 is 23.1 Å². The molecule has 2 rings (SSSR count). The number of carbonyl (C=O) groups excluding carboxylic acids is 1. The van der Waals surface area contributed by atoms with Gasteiger partial charge >= 0.3 is 6.18 Å². The van der Waals surface area contributed by atoms with Crippen LogP contribution in [0, 0.1) is 0 Å². The summed E-state index contributed by atoms with van der Waals surface area (Å²) in [5, 5.41) is 9.47. The second kappa shape index (κ2) is 10.6. The van der Waals surface area contributed by atoms with Crippen LogP contribution in [0.25, 0.3) is 0 Å². The van der Waals surface area contributed by atoms with E-state index in [-0.39, 0.29) is 17.0 Å². The molecule has 0 amide bonds. The van der Waals surface area contributed by atoms with Crippen LogP contribution >= 0.6 is 11.6 Å². The average Bonchev–Trinajstić information content (AvgIpc) is 2.58. The van der Waals surface area contributed by atoms with E-state index < -0.39 is 11.7 Å². The first kappa shape index (κ1) is 22.8. The summed E-state index contributed by atoms with van der Waals surface area (Å²) in [5.74, 6) is -0.198. The fourth-order valence-electron chi connectivity index (χ4n) is 1.90. The van der Waals surface area contributed by atoms with Crippen molar-refractivity contribution in [2.45, 2.75) is 25.9 Å². The van der Waals surface area contributed by atoms with Crippen molar-refractivity contribution in [3.63, 3.8) is 0 Å². The molecule has 0 spiro atoms. The molecule has 0 saturated heterocycles. The minimum atomic E-state index is -4.56. The lowest BCUT2D eigenvalue weighted by Crippen LogP contribution is -2.12. The number of carbonyl (C=O) groups is 1. The van der Waals surface area contributed by atoms with Crippen LogP contribution in [0.15, 0.2) is 30.5 Å². The first-order valence-electron chi connectivity index (χ1n) is 6.98. The Labute approximate surface area is 148 Å². The first-order chi connectivity index (χ1) is 11.8. The van der Waals surface area contributed by atoms with Crippen LogP contribution in [0.1, 0.15) is 30.9 Å². The number of aliphatic hydroxyl groups excluding tert-OH is 1. The molecule has 0 atom stereocenters. The number of benzene rings is 1. The van der Waals surface area contributed by atoms with Gasteiger partial charge in [-0.05, 0) is 29.1 Å². The molecule has 0 aliphatic carbocycles. The number of aliphatic hydroxyl groups is 1. The van der Waals surface area contributed by atoms with Crippen LogP contribution in [-0.2, 0) is 11.0 Å². The van der Waals surface area contributed by atoms with Gasteiger partial charge in [0.05, 0.1) is 0 Å². The predicted octanol–water partition coefficient (Wildman–Crippen LogP) is 4.44. The number of hydrogen-bond acceptors (Lipinski definition) is 5. The molecule has 1 aromatic heterocycles. The Balaban J connectivity index is 0.00000134. The van der Waals surface area contributed by atoms with E-state index in [9.17, 15) is 13.2 Å². The van der Waals surface area contributed by atoms with Gasteiger partial charge in [0.1, 0.15) is 18.2 Å². The van der Waals surface area contributed by atoms with Crippen LogP contribution in [0.3, 0.4) is 0 Å². The zero-order chi connectivity index (χ0) is 19.6. The fraction of sp³-hybridized carbons (Fsp3) is 0.312. The minimum absolute atomic E-state index is 0.153. The maximum atomic E-state index is 13.0. The van der Waals surface area contributed by atoms with Crippen LogP contribution in [0.2, 0.25) is 5.28 Å². The number of nitrogens with zero attached hydrogens (tertiary/aromatic N) is 2. The Kier molecular flexibility index (Phi) is 9.70. The van der Waals surface area contributed by atoms with E-state index >= 15 is 0 Å². The molecule has 0 aliphatic heterocycles. The SMILES string of the molecule is C=O.CC(C)c1ccccc1Nc1nc(Cl)ncc1C(F)(F)F.CO. The second-order valence-corrected chi connectivity index (χ2v) is 5.10. The topological polar surface area (TPSA) is 75.1 Å². The van der Waals surface area contributed by atoms with Crippen molar-refractivity contribution in [1.82, 2.24) is 9.97 Å². The van der Waals surface area contributed by atoms with Gasteiger partial charge in [-0.2, -0.15) is 18.2 Å². The minimum Gasteiger partial charge on any atom is -0.400 e. The molecule has 25 heavy (non-hydrogen) atoms. The Hall–Kier alpha value is -2.19. The van der Waals surface area contributed by atoms with Crippen molar-refractivity contribution in [3.8, 4) is 0 Å². The van der Waals surface area contributed by atoms with E-state index in [2.05, 4.69) is 15.3 Å².